The van der Waals surface area contributed by atoms with E-state index >= 15 is 0 Å². The molecule has 0 fully saturated rings. The molecule has 2 rings (SSSR count). The number of benzene rings is 1. The molecule has 0 saturated carbocycles. The van der Waals surface area contributed by atoms with Crippen LogP contribution in [-0.4, -0.2) is 30.6 Å². The van der Waals surface area contributed by atoms with E-state index in [1.807, 2.05) is 18.2 Å². The zero-order valence-corrected chi connectivity index (χ0v) is 11.1. The second-order valence-corrected chi connectivity index (χ2v) is 5.05. The smallest absolute Gasteiger partial charge is 0.108 e. The quantitative estimate of drug-likeness (QED) is 0.620. The molecule has 0 bridgehead atoms. The van der Waals surface area contributed by atoms with Gasteiger partial charge in [-0.05, 0) is 12.1 Å². The molecule has 0 radical (unpaired) electrons. The number of hydrogen-bond donors (Lipinski definition) is 1. The lowest BCUT2D eigenvalue weighted by Crippen LogP contribution is -2.19. The average Bonchev–Trinajstić information content (AvgIpc) is 2.76. The van der Waals surface area contributed by atoms with Gasteiger partial charge in [-0.2, -0.15) is 0 Å². The third kappa shape index (κ3) is 3.92. The molecule has 1 aromatic heterocycles. The van der Waals surface area contributed by atoms with Crippen molar-refractivity contribution in [2.24, 2.45) is 0 Å². The van der Waals surface area contributed by atoms with Gasteiger partial charge in [-0.3, -0.25) is 0 Å². The number of aromatic nitrogens is 1. The summed E-state index contributed by atoms with van der Waals surface area (Å²) in [4.78, 5) is 4.54. The molecule has 3 nitrogen and oxygen atoms in total. The largest absolute Gasteiger partial charge is 0.379 e. The Labute approximate surface area is 110 Å². The third-order valence-electron chi connectivity index (χ3n) is 2.26. The lowest BCUT2D eigenvalue weighted by Gasteiger charge is -2.02. The first kappa shape index (κ1) is 12.8. The highest BCUT2D eigenvalue weighted by molar-refractivity contribution is 7.18. The van der Waals surface area contributed by atoms with Crippen molar-refractivity contribution < 1.29 is 4.74 Å². The van der Waals surface area contributed by atoms with E-state index in [4.69, 9.17) is 16.3 Å². The summed E-state index contributed by atoms with van der Waals surface area (Å²) in [5.41, 5.74) is 1.08. The fourth-order valence-corrected chi connectivity index (χ4v) is 2.54. The predicted molar refractivity (Wildman–Crippen MR) is 72.9 cm³/mol. The van der Waals surface area contributed by atoms with Crippen molar-refractivity contribution in [1.29, 1.82) is 0 Å². The molecule has 0 amide bonds. The minimum atomic E-state index is 0.553. The van der Waals surface area contributed by atoms with E-state index in [2.05, 4.69) is 16.4 Å². The Morgan fingerprint density at radius 1 is 1.29 bits per heavy atom. The van der Waals surface area contributed by atoms with Gasteiger partial charge in [-0.15, -0.1) is 22.9 Å². The van der Waals surface area contributed by atoms with Gasteiger partial charge in [0.25, 0.3) is 0 Å². The second kappa shape index (κ2) is 6.91. The molecule has 0 aliphatic rings. The van der Waals surface area contributed by atoms with E-state index in [9.17, 15) is 0 Å². The molecular weight excluding hydrogens is 256 g/mol. The SMILES string of the molecule is ClCCOCCNCc1nc2ccccc2s1. The number of nitrogens with zero attached hydrogens (tertiary/aromatic N) is 1. The maximum absolute atomic E-state index is 5.50. The fraction of sp³-hybridized carbons (Fsp3) is 0.417. The molecule has 92 valence electrons. The number of para-hydroxylation sites is 1. The molecule has 0 spiro atoms. The van der Waals surface area contributed by atoms with E-state index in [0.29, 0.717) is 19.1 Å². The van der Waals surface area contributed by atoms with Crippen molar-refractivity contribution in [2.45, 2.75) is 6.54 Å². The maximum Gasteiger partial charge on any atom is 0.108 e. The molecule has 1 aromatic carbocycles. The normalized spacial score (nSPS) is 11.1. The van der Waals surface area contributed by atoms with Crippen LogP contribution in [-0.2, 0) is 11.3 Å². The van der Waals surface area contributed by atoms with Crippen LogP contribution in [0.4, 0.5) is 0 Å². The minimum Gasteiger partial charge on any atom is -0.379 e. The van der Waals surface area contributed by atoms with Crippen LogP contribution in [0.1, 0.15) is 5.01 Å². The molecule has 17 heavy (non-hydrogen) atoms. The van der Waals surface area contributed by atoms with Gasteiger partial charge in [0.2, 0.25) is 0 Å². The van der Waals surface area contributed by atoms with Gasteiger partial charge in [0.05, 0.1) is 23.4 Å². The first-order valence-corrected chi connectivity index (χ1v) is 6.94. The maximum atomic E-state index is 5.50. The molecule has 0 atom stereocenters. The standard InChI is InChI=1S/C12H15ClN2OS/c13-5-7-16-8-6-14-9-12-15-10-3-1-2-4-11(10)17-12/h1-4,14H,5-9H2. The number of alkyl halides is 1. The number of hydrogen-bond acceptors (Lipinski definition) is 4. The molecule has 1 heterocycles. The summed E-state index contributed by atoms with van der Waals surface area (Å²) < 4.78 is 6.51. The number of fused-ring (bicyclic) bond motifs is 1. The van der Waals surface area contributed by atoms with Crippen LogP contribution in [0.15, 0.2) is 24.3 Å². The van der Waals surface area contributed by atoms with Crippen molar-refractivity contribution in [3.05, 3.63) is 29.3 Å². The second-order valence-electron chi connectivity index (χ2n) is 3.55. The van der Waals surface area contributed by atoms with Crippen molar-refractivity contribution in [1.82, 2.24) is 10.3 Å². The molecule has 0 unspecified atom stereocenters. The van der Waals surface area contributed by atoms with E-state index in [-0.39, 0.29) is 0 Å². The summed E-state index contributed by atoms with van der Waals surface area (Å²) in [7, 11) is 0. The zero-order chi connectivity index (χ0) is 11.9. The fourth-order valence-electron chi connectivity index (χ4n) is 1.49. The minimum absolute atomic E-state index is 0.553. The number of nitrogens with one attached hydrogen (secondary N) is 1. The lowest BCUT2D eigenvalue weighted by molar-refractivity contribution is 0.151. The Morgan fingerprint density at radius 3 is 3.00 bits per heavy atom. The molecular formula is C12H15ClN2OS. The van der Waals surface area contributed by atoms with Crippen molar-refractivity contribution in [3.63, 3.8) is 0 Å². The first-order valence-electron chi connectivity index (χ1n) is 5.59. The highest BCUT2D eigenvalue weighted by Gasteiger charge is 2.01. The molecule has 0 aliphatic carbocycles. The van der Waals surface area contributed by atoms with Crippen molar-refractivity contribution in [2.75, 3.05) is 25.6 Å². The summed E-state index contributed by atoms with van der Waals surface area (Å²) in [6, 6.07) is 8.19. The van der Waals surface area contributed by atoms with Crippen molar-refractivity contribution >= 4 is 33.2 Å². The van der Waals surface area contributed by atoms with Gasteiger partial charge >= 0.3 is 0 Å². The monoisotopic (exact) mass is 270 g/mol. The van der Waals surface area contributed by atoms with E-state index < -0.39 is 0 Å². The van der Waals surface area contributed by atoms with Crippen LogP contribution in [0.25, 0.3) is 10.2 Å². The van der Waals surface area contributed by atoms with Crippen LogP contribution in [0.5, 0.6) is 0 Å². The van der Waals surface area contributed by atoms with Gasteiger partial charge in [0.1, 0.15) is 5.01 Å². The summed E-state index contributed by atoms with van der Waals surface area (Å²) >= 11 is 7.23. The summed E-state index contributed by atoms with van der Waals surface area (Å²) in [6.07, 6.45) is 0. The lowest BCUT2D eigenvalue weighted by atomic mass is 10.3. The Bertz CT molecular complexity index is 427. The van der Waals surface area contributed by atoms with Crippen LogP contribution in [0.3, 0.4) is 0 Å². The molecule has 5 heteroatoms. The third-order valence-corrected chi connectivity index (χ3v) is 3.45. The molecule has 1 N–H and O–H groups in total. The van der Waals surface area contributed by atoms with Gasteiger partial charge < -0.3 is 10.1 Å². The Balaban J connectivity index is 1.75. The number of thiazole rings is 1. The van der Waals surface area contributed by atoms with Gasteiger partial charge in [0, 0.05) is 19.0 Å². The Kier molecular flexibility index (Phi) is 5.19. The molecule has 2 aromatic rings. The highest BCUT2D eigenvalue weighted by Crippen LogP contribution is 2.20. The zero-order valence-electron chi connectivity index (χ0n) is 9.49. The summed E-state index contributed by atoms with van der Waals surface area (Å²) in [6.45, 7) is 2.93. The summed E-state index contributed by atoms with van der Waals surface area (Å²) in [5, 5.41) is 4.42. The predicted octanol–water partition coefficient (Wildman–Crippen LogP) is 2.64. The van der Waals surface area contributed by atoms with E-state index in [1.54, 1.807) is 11.3 Å². The number of halogens is 1. The number of ether oxygens (including phenoxy) is 1. The Morgan fingerprint density at radius 2 is 2.18 bits per heavy atom. The highest BCUT2D eigenvalue weighted by atomic mass is 35.5. The average molecular weight is 271 g/mol. The van der Waals surface area contributed by atoms with Crippen LogP contribution >= 0.6 is 22.9 Å². The first-order chi connectivity index (χ1) is 8.40. The number of rotatable bonds is 7. The Hall–Kier alpha value is -0.680. The van der Waals surface area contributed by atoms with Crippen molar-refractivity contribution in [3.8, 4) is 0 Å². The van der Waals surface area contributed by atoms with E-state index in [1.165, 1.54) is 4.70 Å². The van der Waals surface area contributed by atoms with Gasteiger partial charge in [0.15, 0.2) is 0 Å². The molecule has 0 aliphatic heterocycles. The van der Waals surface area contributed by atoms with Gasteiger partial charge in [-0.1, -0.05) is 12.1 Å². The van der Waals surface area contributed by atoms with Crippen LogP contribution in [0, 0.1) is 0 Å². The van der Waals surface area contributed by atoms with E-state index in [0.717, 1.165) is 23.6 Å². The van der Waals surface area contributed by atoms with Crippen LogP contribution < -0.4 is 5.32 Å². The van der Waals surface area contributed by atoms with Gasteiger partial charge in [-0.25, -0.2) is 4.98 Å². The summed E-state index contributed by atoms with van der Waals surface area (Å²) in [5.74, 6) is 0.553. The van der Waals surface area contributed by atoms with Crippen LogP contribution in [0.2, 0.25) is 0 Å². The topological polar surface area (TPSA) is 34.1 Å². The molecule has 0 saturated heterocycles.